The van der Waals surface area contributed by atoms with E-state index in [0.29, 0.717) is 16.8 Å². The van der Waals surface area contributed by atoms with Crippen LogP contribution in [0.3, 0.4) is 0 Å². The molecule has 0 aliphatic heterocycles. The van der Waals surface area contributed by atoms with Gasteiger partial charge in [0.05, 0.1) is 12.3 Å². The smallest absolute Gasteiger partial charge is 0.457 e. The summed E-state index contributed by atoms with van der Waals surface area (Å²) in [5.74, 6) is -0.248. The summed E-state index contributed by atoms with van der Waals surface area (Å²) in [6.07, 6.45) is -3.19. The van der Waals surface area contributed by atoms with Gasteiger partial charge < -0.3 is 14.5 Å². The first kappa shape index (κ1) is 15.9. The quantitative estimate of drug-likeness (QED) is 0.840. The van der Waals surface area contributed by atoms with E-state index in [2.05, 4.69) is 26.0 Å². The van der Waals surface area contributed by atoms with Crippen LogP contribution in [0.4, 0.5) is 13.2 Å². The second kappa shape index (κ2) is 6.53. The van der Waals surface area contributed by atoms with Crippen molar-refractivity contribution in [2.45, 2.75) is 19.3 Å². The summed E-state index contributed by atoms with van der Waals surface area (Å²) in [5.41, 5.74) is 1.46. The van der Waals surface area contributed by atoms with Crippen LogP contribution in [0.2, 0.25) is 0 Å². The highest BCUT2D eigenvalue weighted by atomic mass is 79.9. The average molecular weight is 364 g/mol. The van der Waals surface area contributed by atoms with Crippen molar-refractivity contribution in [3.63, 3.8) is 0 Å². The van der Waals surface area contributed by atoms with Gasteiger partial charge in [-0.3, -0.25) is 0 Å². The lowest BCUT2D eigenvalue weighted by Crippen LogP contribution is -2.22. The van der Waals surface area contributed by atoms with E-state index in [1.807, 2.05) is 6.92 Å². The Hall–Kier alpha value is -1.47. The van der Waals surface area contributed by atoms with Crippen molar-refractivity contribution < 1.29 is 22.3 Å². The van der Waals surface area contributed by atoms with Crippen LogP contribution in [-0.4, -0.2) is 12.9 Å². The Morgan fingerprint density at radius 3 is 2.67 bits per heavy atom. The van der Waals surface area contributed by atoms with Gasteiger partial charge in [0.25, 0.3) is 0 Å². The molecule has 1 unspecified atom stereocenters. The second-order valence-corrected chi connectivity index (χ2v) is 4.98. The minimum Gasteiger partial charge on any atom is -0.457 e. The zero-order chi connectivity index (χ0) is 15.5. The Balaban J connectivity index is 2.33. The van der Waals surface area contributed by atoms with E-state index >= 15 is 0 Å². The highest BCUT2D eigenvalue weighted by Gasteiger charge is 2.31. The molecule has 21 heavy (non-hydrogen) atoms. The molecule has 114 valence electrons. The summed E-state index contributed by atoms with van der Waals surface area (Å²) in [7, 11) is 0. The van der Waals surface area contributed by atoms with Crippen molar-refractivity contribution in [3.05, 3.63) is 52.4 Å². The molecule has 2 aromatic rings. The van der Waals surface area contributed by atoms with Gasteiger partial charge in [-0.15, -0.1) is 13.2 Å². The van der Waals surface area contributed by atoms with Crippen molar-refractivity contribution in [3.8, 4) is 5.75 Å². The maximum absolute atomic E-state index is 12.3. The van der Waals surface area contributed by atoms with E-state index < -0.39 is 6.36 Å². The third kappa shape index (κ3) is 4.25. The number of hydrogen-bond donors (Lipinski definition) is 1. The van der Waals surface area contributed by atoms with Gasteiger partial charge in [0.2, 0.25) is 0 Å². The first-order chi connectivity index (χ1) is 9.90. The third-order valence-corrected chi connectivity index (χ3v) is 3.44. The molecule has 1 aromatic carbocycles. The van der Waals surface area contributed by atoms with E-state index in [4.69, 9.17) is 4.42 Å². The number of hydrogen-bond acceptors (Lipinski definition) is 3. The highest BCUT2D eigenvalue weighted by molar-refractivity contribution is 9.10. The van der Waals surface area contributed by atoms with Crippen LogP contribution in [-0.2, 0) is 0 Å². The molecule has 1 N–H and O–H groups in total. The number of nitrogens with one attached hydrogen (secondary N) is 1. The average Bonchev–Trinajstić information content (AvgIpc) is 2.80. The van der Waals surface area contributed by atoms with Gasteiger partial charge in [0.15, 0.2) is 4.67 Å². The number of furan rings is 1. The molecular formula is C14H13BrF3NO2. The third-order valence-electron chi connectivity index (χ3n) is 2.79. The Kier molecular flexibility index (Phi) is 4.95. The van der Waals surface area contributed by atoms with Gasteiger partial charge in [0.1, 0.15) is 5.75 Å². The Morgan fingerprint density at radius 1 is 1.33 bits per heavy atom. The van der Waals surface area contributed by atoms with Gasteiger partial charge >= 0.3 is 6.36 Å². The Labute approximate surface area is 128 Å². The Bertz CT molecular complexity index is 598. The monoisotopic (exact) mass is 363 g/mol. The molecule has 1 heterocycles. The molecule has 2 rings (SSSR count). The van der Waals surface area contributed by atoms with Crippen molar-refractivity contribution in [1.29, 1.82) is 0 Å². The summed E-state index contributed by atoms with van der Waals surface area (Å²) in [5, 5.41) is 3.21. The molecule has 0 aliphatic carbocycles. The first-order valence-corrected chi connectivity index (χ1v) is 7.02. The van der Waals surface area contributed by atoms with Crippen LogP contribution in [0.1, 0.15) is 24.1 Å². The maximum atomic E-state index is 12.3. The lowest BCUT2D eigenvalue weighted by molar-refractivity contribution is -0.274. The van der Waals surface area contributed by atoms with Crippen molar-refractivity contribution in [1.82, 2.24) is 5.32 Å². The van der Waals surface area contributed by atoms with Gasteiger partial charge in [-0.1, -0.05) is 19.1 Å². The zero-order valence-corrected chi connectivity index (χ0v) is 12.7. The summed E-state index contributed by atoms with van der Waals surface area (Å²) in [4.78, 5) is 0. The fourth-order valence-electron chi connectivity index (χ4n) is 2.01. The summed E-state index contributed by atoms with van der Waals surface area (Å²) in [6.45, 7) is 2.56. The molecule has 0 saturated heterocycles. The normalized spacial score (nSPS) is 13.2. The fourth-order valence-corrected chi connectivity index (χ4v) is 2.48. The molecule has 0 amide bonds. The zero-order valence-electron chi connectivity index (χ0n) is 11.1. The molecule has 7 heteroatoms. The number of ether oxygens (including phenoxy) is 1. The Morgan fingerprint density at radius 2 is 2.10 bits per heavy atom. The molecule has 0 spiro atoms. The van der Waals surface area contributed by atoms with Crippen molar-refractivity contribution in [2.24, 2.45) is 0 Å². The van der Waals surface area contributed by atoms with Crippen LogP contribution in [0.5, 0.6) is 5.75 Å². The van der Waals surface area contributed by atoms with E-state index in [0.717, 1.165) is 5.56 Å². The van der Waals surface area contributed by atoms with Crippen molar-refractivity contribution >= 4 is 15.9 Å². The number of halogens is 4. The van der Waals surface area contributed by atoms with E-state index in [9.17, 15) is 13.2 Å². The second-order valence-electron chi connectivity index (χ2n) is 4.26. The predicted octanol–water partition coefficient (Wildman–Crippen LogP) is 4.64. The molecule has 0 saturated carbocycles. The lowest BCUT2D eigenvalue weighted by Gasteiger charge is -2.18. The largest absolute Gasteiger partial charge is 0.573 e. The number of benzene rings is 1. The van der Waals surface area contributed by atoms with E-state index in [1.165, 1.54) is 24.5 Å². The van der Waals surface area contributed by atoms with Crippen LogP contribution < -0.4 is 10.1 Å². The SMILES string of the molecule is CCNC(c1cccc(OC(F)(F)F)c1)c1ccoc1Br. The van der Waals surface area contributed by atoms with Crippen LogP contribution in [0, 0.1) is 0 Å². The van der Waals surface area contributed by atoms with E-state index in [-0.39, 0.29) is 11.8 Å². The van der Waals surface area contributed by atoms with Gasteiger partial charge in [-0.2, -0.15) is 0 Å². The molecule has 0 fully saturated rings. The molecule has 0 bridgehead atoms. The van der Waals surface area contributed by atoms with Gasteiger partial charge in [0, 0.05) is 5.56 Å². The molecule has 3 nitrogen and oxygen atoms in total. The standard InChI is InChI=1S/C14H13BrF3NO2/c1-2-19-12(11-6-7-20-13(11)15)9-4-3-5-10(8-9)21-14(16,17)18/h3-8,12,19H,2H2,1H3. The summed E-state index contributed by atoms with van der Waals surface area (Å²) >= 11 is 3.28. The molecular weight excluding hydrogens is 351 g/mol. The first-order valence-electron chi connectivity index (χ1n) is 6.22. The maximum Gasteiger partial charge on any atom is 0.573 e. The number of alkyl halides is 3. The molecule has 0 radical (unpaired) electrons. The fraction of sp³-hybridized carbons (Fsp3) is 0.286. The van der Waals surface area contributed by atoms with Gasteiger partial charge in [-0.05, 0) is 46.2 Å². The van der Waals surface area contributed by atoms with Crippen molar-refractivity contribution in [2.75, 3.05) is 6.54 Å². The topological polar surface area (TPSA) is 34.4 Å². The molecule has 0 aliphatic rings. The predicted molar refractivity (Wildman–Crippen MR) is 75.1 cm³/mol. The molecule has 1 atom stereocenters. The minimum absolute atomic E-state index is 0.248. The minimum atomic E-state index is -4.71. The molecule has 1 aromatic heterocycles. The highest BCUT2D eigenvalue weighted by Crippen LogP contribution is 2.32. The van der Waals surface area contributed by atoms with Gasteiger partial charge in [-0.25, -0.2) is 0 Å². The van der Waals surface area contributed by atoms with E-state index in [1.54, 1.807) is 12.1 Å². The lowest BCUT2D eigenvalue weighted by atomic mass is 10.0. The summed E-state index contributed by atoms with van der Waals surface area (Å²) in [6, 6.07) is 7.35. The van der Waals surface area contributed by atoms with Crippen LogP contribution in [0.25, 0.3) is 0 Å². The van der Waals surface area contributed by atoms with Crippen LogP contribution in [0.15, 0.2) is 45.7 Å². The van der Waals surface area contributed by atoms with Crippen LogP contribution >= 0.6 is 15.9 Å². The summed E-state index contributed by atoms with van der Waals surface area (Å²) < 4.78 is 46.6. The number of rotatable bonds is 5.